The molecule has 2 rings (SSSR count). The van der Waals surface area contributed by atoms with Crippen molar-refractivity contribution in [2.45, 2.75) is 6.61 Å². The van der Waals surface area contributed by atoms with Gasteiger partial charge in [-0.3, -0.25) is 5.43 Å². The maximum atomic E-state index is 10.5. The van der Waals surface area contributed by atoms with Crippen molar-refractivity contribution in [3.63, 3.8) is 0 Å². The van der Waals surface area contributed by atoms with Crippen LogP contribution >= 0.6 is 11.6 Å². The van der Waals surface area contributed by atoms with Crippen LogP contribution in [0.4, 0.5) is 5.69 Å². The molecule has 0 unspecified atom stereocenters. The minimum atomic E-state index is -1.29. The van der Waals surface area contributed by atoms with Gasteiger partial charge in [0.05, 0.1) is 5.69 Å². The Bertz CT molecular complexity index is 627. The van der Waals surface area contributed by atoms with E-state index in [0.717, 1.165) is 5.56 Å². The smallest absolute Gasteiger partial charge is 0.368 e. The molecule has 0 atom stereocenters. The largest absolute Gasteiger partial charge is 0.489 e. The Morgan fingerprint density at radius 2 is 1.81 bits per heavy atom. The van der Waals surface area contributed by atoms with E-state index >= 15 is 0 Å². The molecule has 2 aromatic carbocycles. The van der Waals surface area contributed by atoms with Crippen LogP contribution in [0.25, 0.3) is 0 Å². The number of anilines is 1. The van der Waals surface area contributed by atoms with Gasteiger partial charge in [0, 0.05) is 0 Å². The topological polar surface area (TPSA) is 70.9 Å². The number of carbonyl (C=O) groups is 1. The summed E-state index contributed by atoms with van der Waals surface area (Å²) in [5.74, 6) is -0.579. The van der Waals surface area contributed by atoms with Crippen LogP contribution in [0.5, 0.6) is 5.75 Å². The fraction of sp³-hybridized carbons (Fsp3) is 0.0667. The standard InChI is InChI=1S/C15H13ClN2O3/c16-14(15(19)20)18-17-12-6-8-13(9-7-12)21-10-11-4-2-1-3-5-11/h1-9,17H,10H2,(H,19,20)/b18-14-. The molecule has 0 aromatic heterocycles. The van der Waals surface area contributed by atoms with Crippen LogP contribution in [-0.2, 0) is 11.4 Å². The highest BCUT2D eigenvalue weighted by atomic mass is 35.5. The molecule has 2 aromatic rings. The van der Waals surface area contributed by atoms with Crippen LogP contribution in [-0.4, -0.2) is 16.2 Å². The van der Waals surface area contributed by atoms with Gasteiger partial charge in [0.2, 0.25) is 5.17 Å². The van der Waals surface area contributed by atoms with Gasteiger partial charge in [0.25, 0.3) is 0 Å². The fourth-order valence-corrected chi connectivity index (χ4v) is 1.57. The molecule has 108 valence electrons. The Kier molecular flexibility index (Phi) is 5.17. The summed E-state index contributed by atoms with van der Waals surface area (Å²) in [6, 6.07) is 16.8. The number of hydrogen-bond acceptors (Lipinski definition) is 4. The average molecular weight is 305 g/mol. The van der Waals surface area contributed by atoms with Gasteiger partial charge in [-0.25, -0.2) is 4.79 Å². The van der Waals surface area contributed by atoms with Crippen molar-refractivity contribution in [2.24, 2.45) is 5.10 Å². The zero-order valence-corrected chi connectivity index (χ0v) is 11.7. The Hall–Kier alpha value is -2.53. The molecule has 0 aliphatic rings. The number of hydrazone groups is 1. The number of ether oxygens (including phenoxy) is 1. The van der Waals surface area contributed by atoms with Gasteiger partial charge in [0.15, 0.2) is 0 Å². The molecule has 0 saturated heterocycles. The Morgan fingerprint density at radius 3 is 2.43 bits per heavy atom. The Morgan fingerprint density at radius 1 is 1.14 bits per heavy atom. The lowest BCUT2D eigenvalue weighted by Gasteiger charge is -2.07. The van der Waals surface area contributed by atoms with Crippen LogP contribution in [0.15, 0.2) is 59.7 Å². The van der Waals surface area contributed by atoms with E-state index in [4.69, 9.17) is 21.4 Å². The number of nitrogens with one attached hydrogen (secondary N) is 1. The average Bonchev–Trinajstić information content (AvgIpc) is 2.52. The summed E-state index contributed by atoms with van der Waals surface area (Å²) in [6.07, 6.45) is 0. The maximum absolute atomic E-state index is 10.5. The summed E-state index contributed by atoms with van der Waals surface area (Å²) in [6.45, 7) is 0.483. The second-order valence-electron chi connectivity index (χ2n) is 4.12. The van der Waals surface area contributed by atoms with Crippen LogP contribution in [0.1, 0.15) is 5.56 Å². The predicted octanol–water partition coefficient (Wildman–Crippen LogP) is 3.31. The summed E-state index contributed by atoms with van der Waals surface area (Å²) < 4.78 is 5.63. The van der Waals surface area contributed by atoms with E-state index in [-0.39, 0.29) is 0 Å². The van der Waals surface area contributed by atoms with Crippen molar-refractivity contribution in [3.8, 4) is 5.75 Å². The predicted molar refractivity (Wildman–Crippen MR) is 81.8 cm³/mol. The molecule has 0 radical (unpaired) electrons. The number of carboxylic acid groups (broad SMARTS) is 1. The lowest BCUT2D eigenvalue weighted by molar-refractivity contribution is -0.129. The first-order valence-corrected chi connectivity index (χ1v) is 6.52. The molecule has 2 N–H and O–H groups in total. The summed E-state index contributed by atoms with van der Waals surface area (Å²) >= 11 is 5.38. The zero-order valence-electron chi connectivity index (χ0n) is 11.0. The van der Waals surface area contributed by atoms with Crippen molar-refractivity contribution in [1.29, 1.82) is 0 Å². The van der Waals surface area contributed by atoms with Gasteiger partial charge in [-0.2, -0.15) is 5.10 Å². The van der Waals surface area contributed by atoms with Gasteiger partial charge < -0.3 is 9.84 Å². The van der Waals surface area contributed by atoms with E-state index in [1.807, 2.05) is 30.3 Å². The molecule has 0 aliphatic heterocycles. The van der Waals surface area contributed by atoms with E-state index in [0.29, 0.717) is 18.0 Å². The van der Waals surface area contributed by atoms with Crippen molar-refractivity contribution in [2.75, 3.05) is 5.43 Å². The number of carboxylic acids is 1. The Labute approximate surface area is 126 Å². The van der Waals surface area contributed by atoms with Crippen molar-refractivity contribution in [3.05, 3.63) is 60.2 Å². The normalized spacial score (nSPS) is 11.0. The summed E-state index contributed by atoms with van der Waals surface area (Å²) in [5, 5.41) is 11.5. The molecule has 0 amide bonds. The van der Waals surface area contributed by atoms with E-state index in [2.05, 4.69) is 10.5 Å². The number of rotatable bonds is 6. The number of halogens is 1. The fourth-order valence-electron chi connectivity index (χ4n) is 1.53. The van der Waals surface area contributed by atoms with Crippen LogP contribution in [0.2, 0.25) is 0 Å². The lowest BCUT2D eigenvalue weighted by atomic mass is 10.2. The summed E-state index contributed by atoms with van der Waals surface area (Å²) in [5.41, 5.74) is 4.24. The molecular formula is C15H13ClN2O3. The van der Waals surface area contributed by atoms with E-state index < -0.39 is 11.1 Å². The van der Waals surface area contributed by atoms with Crippen LogP contribution < -0.4 is 10.2 Å². The SMILES string of the molecule is O=C(O)/C(Cl)=N/Nc1ccc(OCc2ccccc2)cc1. The van der Waals surface area contributed by atoms with Crippen LogP contribution in [0, 0.1) is 0 Å². The maximum Gasteiger partial charge on any atom is 0.368 e. The van der Waals surface area contributed by atoms with Gasteiger partial charge in [0.1, 0.15) is 12.4 Å². The molecule has 21 heavy (non-hydrogen) atoms. The molecule has 0 aliphatic carbocycles. The molecule has 0 bridgehead atoms. The quantitative estimate of drug-likeness (QED) is 0.634. The number of nitrogens with zero attached hydrogens (tertiary/aromatic N) is 1. The van der Waals surface area contributed by atoms with Crippen molar-refractivity contribution >= 4 is 28.4 Å². The second kappa shape index (κ2) is 7.31. The third-order valence-electron chi connectivity index (χ3n) is 2.56. The van der Waals surface area contributed by atoms with E-state index in [1.54, 1.807) is 24.3 Å². The summed E-state index contributed by atoms with van der Waals surface area (Å²) in [4.78, 5) is 10.5. The zero-order chi connectivity index (χ0) is 15.1. The van der Waals surface area contributed by atoms with E-state index in [1.165, 1.54) is 0 Å². The minimum absolute atomic E-state index is 0.483. The minimum Gasteiger partial charge on any atom is -0.489 e. The monoisotopic (exact) mass is 304 g/mol. The van der Waals surface area contributed by atoms with Gasteiger partial charge in [-0.15, -0.1) is 0 Å². The number of benzene rings is 2. The first kappa shape index (κ1) is 14.9. The summed E-state index contributed by atoms with van der Waals surface area (Å²) in [7, 11) is 0. The molecule has 0 fully saturated rings. The first-order valence-electron chi connectivity index (χ1n) is 6.14. The lowest BCUT2D eigenvalue weighted by Crippen LogP contribution is -2.07. The highest BCUT2D eigenvalue weighted by Crippen LogP contribution is 2.17. The Balaban J connectivity index is 1.90. The van der Waals surface area contributed by atoms with Gasteiger partial charge >= 0.3 is 5.97 Å². The number of hydrogen-bond donors (Lipinski definition) is 2. The van der Waals surface area contributed by atoms with E-state index in [9.17, 15) is 4.79 Å². The van der Waals surface area contributed by atoms with Gasteiger partial charge in [-0.1, -0.05) is 41.9 Å². The third-order valence-corrected chi connectivity index (χ3v) is 2.81. The third kappa shape index (κ3) is 4.81. The molecule has 6 heteroatoms. The highest BCUT2D eigenvalue weighted by Gasteiger charge is 2.04. The molecule has 0 spiro atoms. The second-order valence-corrected chi connectivity index (χ2v) is 4.48. The molecule has 5 nitrogen and oxygen atoms in total. The molecule has 0 heterocycles. The first-order chi connectivity index (χ1) is 10.1. The number of aliphatic carboxylic acids is 1. The van der Waals surface area contributed by atoms with Crippen LogP contribution in [0.3, 0.4) is 0 Å². The highest BCUT2D eigenvalue weighted by molar-refractivity contribution is 6.81. The van der Waals surface area contributed by atoms with Gasteiger partial charge in [-0.05, 0) is 29.8 Å². The molecule has 0 saturated carbocycles. The van der Waals surface area contributed by atoms with Crippen molar-refractivity contribution < 1.29 is 14.6 Å². The van der Waals surface area contributed by atoms with Crippen molar-refractivity contribution in [1.82, 2.24) is 0 Å². The molecular weight excluding hydrogens is 292 g/mol.